The summed E-state index contributed by atoms with van der Waals surface area (Å²) in [4.78, 5) is 11.7. The SMILES string of the molecule is C=CC(=O)OCC.CCCCCCCCCCCCCCCC[NH+](C)C.[Br-]. The number of esters is 1. The summed E-state index contributed by atoms with van der Waals surface area (Å²) in [7, 11) is 4.50. The summed E-state index contributed by atoms with van der Waals surface area (Å²) < 4.78 is 4.43. The Hall–Kier alpha value is -0.350. The molecule has 0 aliphatic heterocycles. The van der Waals surface area contributed by atoms with Gasteiger partial charge in [0.15, 0.2) is 0 Å². The second-order valence-electron chi connectivity index (χ2n) is 7.51. The molecule has 0 aromatic carbocycles. The lowest BCUT2D eigenvalue weighted by molar-refractivity contribution is -0.858. The van der Waals surface area contributed by atoms with Crippen molar-refractivity contribution in [2.24, 2.45) is 0 Å². The van der Waals surface area contributed by atoms with Crippen LogP contribution >= 0.6 is 0 Å². The smallest absolute Gasteiger partial charge is 0.330 e. The van der Waals surface area contributed by atoms with Gasteiger partial charge in [-0.2, -0.15) is 0 Å². The first-order chi connectivity index (χ1) is 12.6. The first-order valence-electron chi connectivity index (χ1n) is 11.2. The minimum atomic E-state index is -0.359. The zero-order valence-corrected chi connectivity index (χ0v) is 20.4. The summed E-state index contributed by atoms with van der Waals surface area (Å²) in [5, 5.41) is 0. The van der Waals surface area contributed by atoms with Crippen LogP contribution in [0.5, 0.6) is 0 Å². The molecule has 0 aliphatic carbocycles. The third-order valence-corrected chi connectivity index (χ3v) is 4.48. The fourth-order valence-corrected chi connectivity index (χ4v) is 2.87. The van der Waals surface area contributed by atoms with Crippen molar-refractivity contribution in [3.63, 3.8) is 0 Å². The number of ether oxygens (including phenoxy) is 1. The maximum atomic E-state index is 10.1. The summed E-state index contributed by atoms with van der Waals surface area (Å²) in [6.45, 7) is 9.02. The van der Waals surface area contributed by atoms with Gasteiger partial charge in [-0.15, -0.1) is 0 Å². The molecule has 0 saturated heterocycles. The Morgan fingerprint density at radius 3 is 1.41 bits per heavy atom. The van der Waals surface area contributed by atoms with E-state index in [-0.39, 0.29) is 23.0 Å². The summed E-state index contributed by atoms with van der Waals surface area (Å²) in [6, 6.07) is 0. The first-order valence-corrected chi connectivity index (χ1v) is 11.2. The molecule has 0 rings (SSSR count). The Bertz CT molecular complexity index is 296. The highest BCUT2D eigenvalue weighted by atomic mass is 79.9. The molecular weight excluding hydrogens is 402 g/mol. The van der Waals surface area contributed by atoms with Gasteiger partial charge in [0.2, 0.25) is 0 Å². The van der Waals surface area contributed by atoms with Gasteiger partial charge in [-0.1, -0.05) is 90.6 Å². The molecule has 0 amide bonds. The van der Waals surface area contributed by atoms with Crippen LogP contribution in [0.15, 0.2) is 12.7 Å². The van der Waals surface area contributed by atoms with Crippen LogP contribution < -0.4 is 21.9 Å². The van der Waals surface area contributed by atoms with Gasteiger partial charge in [0.1, 0.15) is 0 Å². The largest absolute Gasteiger partial charge is 1.00 e. The lowest BCUT2D eigenvalue weighted by Crippen LogP contribution is -3.05. The molecule has 0 spiro atoms. The molecule has 0 aliphatic rings. The standard InChI is InChI=1S/C18H39N.C5H8O2.BrH/c1-4-5-6-7-8-9-10-11-12-13-14-15-16-17-18-19(2)3;1-3-5(6)7-4-2;/h4-18H2,1-3H3;3H,1,4H2,2H3;1H. The van der Waals surface area contributed by atoms with E-state index in [1.165, 1.54) is 96.4 Å². The Balaban J connectivity index is -0.000000612. The predicted octanol–water partition coefficient (Wildman–Crippen LogP) is 2.35. The van der Waals surface area contributed by atoms with E-state index >= 15 is 0 Å². The number of unbranched alkanes of at least 4 members (excludes halogenated alkanes) is 13. The van der Waals surface area contributed by atoms with Gasteiger partial charge in [-0.25, -0.2) is 4.79 Å². The molecule has 0 radical (unpaired) electrons. The van der Waals surface area contributed by atoms with Gasteiger partial charge >= 0.3 is 5.97 Å². The summed E-state index contributed by atoms with van der Waals surface area (Å²) >= 11 is 0. The quantitative estimate of drug-likeness (QED) is 0.210. The van der Waals surface area contributed by atoms with Crippen LogP contribution in [0.4, 0.5) is 0 Å². The van der Waals surface area contributed by atoms with Crippen molar-refractivity contribution in [1.82, 2.24) is 0 Å². The number of hydrogen-bond donors (Lipinski definition) is 1. The summed E-state index contributed by atoms with van der Waals surface area (Å²) in [5.41, 5.74) is 0. The van der Waals surface area contributed by atoms with E-state index in [9.17, 15) is 4.79 Å². The topological polar surface area (TPSA) is 30.7 Å². The number of halogens is 1. The second-order valence-corrected chi connectivity index (χ2v) is 7.51. The van der Waals surface area contributed by atoms with Crippen molar-refractivity contribution >= 4 is 5.97 Å². The van der Waals surface area contributed by atoms with Crippen molar-refractivity contribution < 1.29 is 31.4 Å². The van der Waals surface area contributed by atoms with Crippen molar-refractivity contribution in [2.75, 3.05) is 27.2 Å². The zero-order chi connectivity index (χ0) is 19.9. The second kappa shape index (κ2) is 27.9. The molecule has 0 unspecified atom stereocenters. The molecule has 4 heteroatoms. The Labute approximate surface area is 181 Å². The molecule has 3 nitrogen and oxygen atoms in total. The maximum absolute atomic E-state index is 10.1. The van der Waals surface area contributed by atoms with Crippen LogP contribution in [0.3, 0.4) is 0 Å². The van der Waals surface area contributed by atoms with Crippen molar-refractivity contribution in [2.45, 2.75) is 104 Å². The Morgan fingerprint density at radius 1 is 0.778 bits per heavy atom. The van der Waals surface area contributed by atoms with Gasteiger partial charge in [-0.05, 0) is 19.8 Å². The van der Waals surface area contributed by atoms with Crippen LogP contribution in [0, 0.1) is 0 Å². The minimum Gasteiger partial charge on any atom is -1.00 e. The Kier molecular flexibility index (Phi) is 32.4. The average Bonchev–Trinajstić information content (AvgIpc) is 2.62. The van der Waals surface area contributed by atoms with E-state index in [2.05, 4.69) is 32.3 Å². The fourth-order valence-electron chi connectivity index (χ4n) is 2.87. The van der Waals surface area contributed by atoms with Crippen LogP contribution in [0.25, 0.3) is 0 Å². The predicted molar refractivity (Wildman–Crippen MR) is 115 cm³/mol. The number of nitrogens with one attached hydrogen (secondary N) is 1. The average molecular weight is 451 g/mol. The van der Waals surface area contributed by atoms with Gasteiger partial charge in [0.05, 0.1) is 27.2 Å². The van der Waals surface area contributed by atoms with Gasteiger partial charge in [-0.3, -0.25) is 0 Å². The molecule has 164 valence electrons. The highest BCUT2D eigenvalue weighted by Crippen LogP contribution is 2.12. The van der Waals surface area contributed by atoms with Crippen LogP contribution in [-0.2, 0) is 9.53 Å². The molecule has 0 aromatic rings. The summed E-state index contributed by atoms with van der Waals surface area (Å²) in [5.74, 6) is -0.359. The normalized spacial score (nSPS) is 9.96. The van der Waals surface area contributed by atoms with Crippen LogP contribution in [0.1, 0.15) is 104 Å². The number of carbonyl (C=O) groups excluding carboxylic acids is 1. The van der Waals surface area contributed by atoms with Crippen molar-refractivity contribution in [3.05, 3.63) is 12.7 Å². The highest BCUT2D eigenvalue weighted by Gasteiger charge is 1.95. The molecule has 0 fully saturated rings. The molecule has 0 aromatic heterocycles. The third kappa shape index (κ3) is 33.6. The van der Waals surface area contributed by atoms with E-state index in [1.807, 2.05) is 0 Å². The monoisotopic (exact) mass is 449 g/mol. The lowest BCUT2D eigenvalue weighted by atomic mass is 10.0. The highest BCUT2D eigenvalue weighted by molar-refractivity contribution is 5.81. The molecular formula is C23H48BrNO2. The van der Waals surface area contributed by atoms with Crippen LogP contribution in [-0.4, -0.2) is 33.2 Å². The van der Waals surface area contributed by atoms with E-state index in [4.69, 9.17) is 0 Å². The minimum absolute atomic E-state index is 0. The molecule has 0 bridgehead atoms. The maximum Gasteiger partial charge on any atom is 0.330 e. The number of quaternary nitrogens is 1. The number of rotatable bonds is 17. The molecule has 0 saturated carbocycles. The first kappa shape index (κ1) is 31.3. The molecule has 0 heterocycles. The summed E-state index contributed by atoms with van der Waals surface area (Å²) in [6.07, 6.45) is 21.6. The van der Waals surface area contributed by atoms with Gasteiger partial charge in [0.25, 0.3) is 0 Å². The van der Waals surface area contributed by atoms with E-state index in [0.29, 0.717) is 6.61 Å². The van der Waals surface area contributed by atoms with Crippen molar-refractivity contribution in [1.29, 1.82) is 0 Å². The number of carbonyl (C=O) groups is 1. The van der Waals surface area contributed by atoms with Crippen LogP contribution in [0.2, 0.25) is 0 Å². The molecule has 27 heavy (non-hydrogen) atoms. The van der Waals surface area contributed by atoms with Gasteiger partial charge < -0.3 is 26.6 Å². The van der Waals surface area contributed by atoms with E-state index in [0.717, 1.165) is 6.08 Å². The molecule has 1 N–H and O–H groups in total. The van der Waals surface area contributed by atoms with Gasteiger partial charge in [0, 0.05) is 6.08 Å². The molecule has 0 atom stereocenters. The zero-order valence-electron chi connectivity index (χ0n) is 18.8. The Morgan fingerprint density at radius 2 is 1.15 bits per heavy atom. The van der Waals surface area contributed by atoms with E-state index < -0.39 is 0 Å². The number of hydrogen-bond acceptors (Lipinski definition) is 2. The third-order valence-electron chi connectivity index (χ3n) is 4.48. The van der Waals surface area contributed by atoms with E-state index in [1.54, 1.807) is 11.8 Å². The fraction of sp³-hybridized carbons (Fsp3) is 0.870. The van der Waals surface area contributed by atoms with Crippen molar-refractivity contribution in [3.8, 4) is 0 Å². The lowest BCUT2D eigenvalue weighted by Gasteiger charge is -2.06.